The van der Waals surface area contributed by atoms with E-state index in [9.17, 15) is 0 Å². The van der Waals surface area contributed by atoms with Gasteiger partial charge in [0.15, 0.2) is 11.9 Å². The first-order chi connectivity index (χ1) is 7.86. The van der Waals surface area contributed by atoms with Gasteiger partial charge >= 0.3 is 0 Å². The smallest absolute Gasteiger partial charge is 0.268 e. The zero-order valence-corrected chi connectivity index (χ0v) is 8.46. The van der Waals surface area contributed by atoms with Crippen LogP contribution in [0.5, 0.6) is 5.75 Å². The fourth-order valence-electron chi connectivity index (χ4n) is 1.78. The molecule has 1 unspecified atom stereocenters. The van der Waals surface area contributed by atoms with Gasteiger partial charge < -0.3 is 14.4 Å². The Morgan fingerprint density at radius 3 is 3.00 bits per heavy atom. The molecule has 0 saturated carbocycles. The molecule has 0 aliphatic carbocycles. The molecule has 0 bridgehead atoms. The average molecular weight is 218 g/mol. The number of aliphatic hydroxyl groups is 1. The summed E-state index contributed by atoms with van der Waals surface area (Å²) in [4.78, 5) is 4.04. The van der Waals surface area contributed by atoms with Crippen molar-refractivity contribution in [2.45, 2.75) is 19.1 Å². The van der Waals surface area contributed by atoms with Gasteiger partial charge in [0.1, 0.15) is 12.4 Å². The second-order valence-corrected chi connectivity index (χ2v) is 3.63. The van der Waals surface area contributed by atoms with Crippen LogP contribution >= 0.6 is 0 Å². The van der Waals surface area contributed by atoms with E-state index in [1.54, 1.807) is 0 Å². The summed E-state index contributed by atoms with van der Waals surface area (Å²) in [5.74, 6) is 1.56. The summed E-state index contributed by atoms with van der Waals surface area (Å²) in [7, 11) is 0. The van der Waals surface area contributed by atoms with E-state index in [1.807, 2.05) is 24.3 Å². The van der Waals surface area contributed by atoms with Crippen LogP contribution in [0.4, 0.5) is 0 Å². The lowest BCUT2D eigenvalue weighted by atomic mass is 10.1. The van der Waals surface area contributed by atoms with E-state index < -0.39 is 0 Å². The quantitative estimate of drug-likeness (QED) is 0.821. The third kappa shape index (κ3) is 1.45. The van der Waals surface area contributed by atoms with Crippen LogP contribution in [0.15, 0.2) is 28.8 Å². The zero-order chi connectivity index (χ0) is 11.0. The molecule has 2 heterocycles. The van der Waals surface area contributed by atoms with Crippen LogP contribution in [0, 0.1) is 0 Å². The Morgan fingerprint density at radius 2 is 2.25 bits per heavy atom. The number of aromatic nitrogens is 2. The molecule has 16 heavy (non-hydrogen) atoms. The van der Waals surface area contributed by atoms with E-state index in [4.69, 9.17) is 14.4 Å². The van der Waals surface area contributed by atoms with Gasteiger partial charge in [0.05, 0.1) is 0 Å². The van der Waals surface area contributed by atoms with Crippen LogP contribution in [0.2, 0.25) is 0 Å². The van der Waals surface area contributed by atoms with Crippen molar-refractivity contribution < 1.29 is 14.4 Å². The van der Waals surface area contributed by atoms with E-state index in [0.29, 0.717) is 5.89 Å². The van der Waals surface area contributed by atoms with E-state index in [2.05, 4.69) is 10.1 Å². The van der Waals surface area contributed by atoms with Gasteiger partial charge in [0, 0.05) is 6.42 Å². The lowest BCUT2D eigenvalue weighted by molar-refractivity contribution is 0.183. The van der Waals surface area contributed by atoms with Crippen molar-refractivity contribution in [1.82, 2.24) is 10.1 Å². The highest BCUT2D eigenvalue weighted by atomic mass is 16.5. The Hall–Kier alpha value is -1.88. The minimum atomic E-state index is -0.231. The Morgan fingerprint density at radius 1 is 1.38 bits per heavy atom. The van der Waals surface area contributed by atoms with Crippen LogP contribution in [0.1, 0.15) is 23.4 Å². The maximum absolute atomic E-state index is 8.84. The molecule has 0 amide bonds. The van der Waals surface area contributed by atoms with Gasteiger partial charge in [-0.15, -0.1) is 0 Å². The molecule has 5 heteroatoms. The maximum Gasteiger partial charge on any atom is 0.268 e. The minimum absolute atomic E-state index is 0.219. The summed E-state index contributed by atoms with van der Waals surface area (Å²) in [6.07, 6.45) is 0.494. The standard InChI is InChI=1S/C11H10N2O3/c14-6-10-12-11(16-13-10)9-5-7-3-1-2-4-8(7)15-9/h1-4,9,14H,5-6H2. The second kappa shape index (κ2) is 3.61. The van der Waals surface area contributed by atoms with Crippen molar-refractivity contribution in [2.24, 2.45) is 0 Å². The monoisotopic (exact) mass is 218 g/mol. The number of hydrogen-bond donors (Lipinski definition) is 1. The molecule has 1 aliphatic heterocycles. The summed E-state index contributed by atoms with van der Waals surface area (Å²) in [5, 5.41) is 12.5. The zero-order valence-electron chi connectivity index (χ0n) is 8.46. The Balaban J connectivity index is 1.85. The molecule has 0 spiro atoms. The first kappa shape index (κ1) is 9.35. The number of rotatable bonds is 2. The molecule has 5 nitrogen and oxygen atoms in total. The lowest BCUT2D eigenvalue weighted by Gasteiger charge is -2.03. The molecule has 0 fully saturated rings. The largest absolute Gasteiger partial charge is 0.480 e. The van der Waals surface area contributed by atoms with Gasteiger partial charge in [-0.05, 0) is 11.6 Å². The third-order valence-corrected chi connectivity index (χ3v) is 2.55. The van der Waals surface area contributed by atoms with Crippen LogP contribution in [0.25, 0.3) is 0 Å². The van der Waals surface area contributed by atoms with Crippen LogP contribution in [-0.2, 0) is 13.0 Å². The SMILES string of the molecule is OCc1noc(C2Cc3ccccc3O2)n1. The molecule has 1 atom stereocenters. The van der Waals surface area contributed by atoms with Crippen molar-refractivity contribution in [2.75, 3.05) is 0 Å². The number of aliphatic hydroxyl groups excluding tert-OH is 1. The maximum atomic E-state index is 8.84. The molecule has 1 aromatic heterocycles. The number of para-hydroxylation sites is 1. The molecular weight excluding hydrogens is 208 g/mol. The molecule has 0 saturated heterocycles. The fraction of sp³-hybridized carbons (Fsp3) is 0.273. The molecule has 1 N–H and O–H groups in total. The van der Waals surface area contributed by atoms with Gasteiger partial charge in [-0.25, -0.2) is 0 Å². The third-order valence-electron chi connectivity index (χ3n) is 2.55. The van der Waals surface area contributed by atoms with Crippen LogP contribution in [-0.4, -0.2) is 15.2 Å². The molecule has 1 aromatic carbocycles. The molecule has 3 rings (SSSR count). The average Bonchev–Trinajstić information content (AvgIpc) is 2.95. The predicted octanol–water partition coefficient (Wildman–Crippen LogP) is 1.24. The highest BCUT2D eigenvalue weighted by Gasteiger charge is 2.28. The number of fused-ring (bicyclic) bond motifs is 1. The molecule has 1 aliphatic rings. The topological polar surface area (TPSA) is 68.4 Å². The van der Waals surface area contributed by atoms with Crippen LogP contribution in [0.3, 0.4) is 0 Å². The fourth-order valence-corrected chi connectivity index (χ4v) is 1.78. The van der Waals surface area contributed by atoms with Crippen molar-refractivity contribution >= 4 is 0 Å². The van der Waals surface area contributed by atoms with Crippen molar-refractivity contribution in [3.05, 3.63) is 41.5 Å². The van der Waals surface area contributed by atoms with Gasteiger partial charge in [0.2, 0.25) is 0 Å². The summed E-state index contributed by atoms with van der Waals surface area (Å²) < 4.78 is 10.7. The number of hydrogen-bond acceptors (Lipinski definition) is 5. The van der Waals surface area contributed by atoms with Gasteiger partial charge in [-0.1, -0.05) is 23.4 Å². The first-order valence-corrected chi connectivity index (χ1v) is 5.04. The van der Waals surface area contributed by atoms with Gasteiger partial charge in [-0.3, -0.25) is 0 Å². The van der Waals surface area contributed by atoms with Crippen molar-refractivity contribution in [3.8, 4) is 5.75 Å². The minimum Gasteiger partial charge on any atom is -0.480 e. The summed E-state index contributed by atoms with van der Waals surface area (Å²) >= 11 is 0. The molecular formula is C11H10N2O3. The predicted molar refractivity (Wildman–Crippen MR) is 53.7 cm³/mol. The number of nitrogens with zero attached hydrogens (tertiary/aromatic N) is 2. The lowest BCUT2D eigenvalue weighted by Crippen LogP contribution is -2.03. The van der Waals surface area contributed by atoms with E-state index in [-0.39, 0.29) is 18.5 Å². The van der Waals surface area contributed by atoms with E-state index >= 15 is 0 Å². The summed E-state index contributed by atoms with van der Waals surface area (Å²) in [6, 6.07) is 7.82. The number of benzene rings is 1. The Kier molecular flexibility index (Phi) is 2.11. The van der Waals surface area contributed by atoms with E-state index in [1.165, 1.54) is 0 Å². The van der Waals surface area contributed by atoms with Gasteiger partial charge in [0.25, 0.3) is 5.89 Å². The molecule has 0 radical (unpaired) electrons. The summed E-state index contributed by atoms with van der Waals surface area (Å²) in [6.45, 7) is -0.219. The molecule has 82 valence electrons. The Bertz CT molecular complexity index is 484. The van der Waals surface area contributed by atoms with E-state index in [0.717, 1.165) is 17.7 Å². The highest BCUT2D eigenvalue weighted by Crippen LogP contribution is 2.35. The molecule has 2 aromatic rings. The number of ether oxygens (including phenoxy) is 1. The van der Waals surface area contributed by atoms with Crippen LogP contribution < -0.4 is 4.74 Å². The normalized spacial score (nSPS) is 18.2. The van der Waals surface area contributed by atoms with Crippen molar-refractivity contribution in [3.63, 3.8) is 0 Å². The second-order valence-electron chi connectivity index (χ2n) is 3.63. The highest BCUT2D eigenvalue weighted by molar-refractivity contribution is 5.37. The summed E-state index contributed by atoms with van der Waals surface area (Å²) in [5.41, 5.74) is 1.14. The Labute approximate surface area is 91.7 Å². The first-order valence-electron chi connectivity index (χ1n) is 5.04. The van der Waals surface area contributed by atoms with Crippen molar-refractivity contribution in [1.29, 1.82) is 0 Å². The van der Waals surface area contributed by atoms with Gasteiger partial charge in [-0.2, -0.15) is 4.98 Å².